The lowest BCUT2D eigenvalue weighted by Crippen LogP contribution is -2.31. The van der Waals surface area contributed by atoms with Gasteiger partial charge in [-0.25, -0.2) is 0 Å². The molecule has 1 aliphatic heterocycles. The third-order valence-electron chi connectivity index (χ3n) is 2.26. The molecule has 0 saturated carbocycles. The third-order valence-corrected chi connectivity index (χ3v) is 2.26. The van der Waals surface area contributed by atoms with Crippen LogP contribution in [0.15, 0.2) is 0 Å². The number of rotatable bonds is 2. The van der Waals surface area contributed by atoms with Crippen LogP contribution in [-0.4, -0.2) is 49.3 Å². The lowest BCUT2D eigenvalue weighted by atomic mass is 10.1. The van der Waals surface area contributed by atoms with Crippen LogP contribution in [0.5, 0.6) is 0 Å². The standard InChI is InChI=1S/C8H18N2O/c1-2-10-4-3-9-5-8(6-10)7-11/h8-9,11H,2-7H2,1H3. The van der Waals surface area contributed by atoms with Crippen molar-refractivity contribution in [1.29, 1.82) is 0 Å². The smallest absolute Gasteiger partial charge is 0.0483 e. The monoisotopic (exact) mass is 158 g/mol. The highest BCUT2D eigenvalue weighted by atomic mass is 16.3. The first kappa shape index (κ1) is 8.97. The Morgan fingerprint density at radius 3 is 3.09 bits per heavy atom. The molecular weight excluding hydrogens is 140 g/mol. The number of nitrogens with zero attached hydrogens (tertiary/aromatic N) is 1. The van der Waals surface area contributed by atoms with Gasteiger partial charge in [-0.1, -0.05) is 6.92 Å². The Hall–Kier alpha value is -0.120. The van der Waals surface area contributed by atoms with Crippen molar-refractivity contribution in [3.63, 3.8) is 0 Å². The molecule has 0 radical (unpaired) electrons. The van der Waals surface area contributed by atoms with Gasteiger partial charge in [-0.05, 0) is 6.54 Å². The third kappa shape index (κ3) is 2.77. The summed E-state index contributed by atoms with van der Waals surface area (Å²) in [6, 6.07) is 0. The molecule has 1 heterocycles. The molecule has 1 rings (SSSR count). The van der Waals surface area contributed by atoms with Gasteiger partial charge >= 0.3 is 0 Å². The zero-order valence-corrected chi connectivity index (χ0v) is 7.21. The molecule has 0 aromatic rings. The van der Waals surface area contributed by atoms with E-state index in [1.165, 1.54) is 0 Å². The van der Waals surface area contributed by atoms with Crippen molar-refractivity contribution < 1.29 is 5.11 Å². The molecule has 3 heteroatoms. The molecule has 11 heavy (non-hydrogen) atoms. The summed E-state index contributed by atoms with van der Waals surface area (Å²) in [4.78, 5) is 2.38. The van der Waals surface area contributed by atoms with Crippen molar-refractivity contribution in [3.8, 4) is 0 Å². The van der Waals surface area contributed by atoms with Crippen LogP contribution in [0, 0.1) is 5.92 Å². The Labute approximate surface area is 68.4 Å². The maximum atomic E-state index is 8.96. The molecule has 0 aromatic carbocycles. The Bertz CT molecular complexity index is 96.3. The van der Waals surface area contributed by atoms with E-state index in [0.717, 1.165) is 32.7 Å². The van der Waals surface area contributed by atoms with E-state index in [1.807, 2.05) is 0 Å². The van der Waals surface area contributed by atoms with E-state index in [2.05, 4.69) is 17.1 Å². The summed E-state index contributed by atoms with van der Waals surface area (Å²) >= 11 is 0. The minimum Gasteiger partial charge on any atom is -0.396 e. The number of aliphatic hydroxyl groups excluding tert-OH is 1. The first-order valence-corrected chi connectivity index (χ1v) is 4.40. The summed E-state index contributed by atoms with van der Waals surface area (Å²) in [5.74, 6) is 0.428. The second kappa shape index (κ2) is 4.70. The molecule has 3 nitrogen and oxygen atoms in total. The number of nitrogens with one attached hydrogen (secondary N) is 1. The molecule has 1 aliphatic rings. The summed E-state index contributed by atoms with van der Waals surface area (Å²) in [5, 5.41) is 12.3. The van der Waals surface area contributed by atoms with Crippen molar-refractivity contribution in [3.05, 3.63) is 0 Å². The molecule has 0 aliphatic carbocycles. The van der Waals surface area contributed by atoms with Gasteiger partial charge in [0.05, 0.1) is 0 Å². The van der Waals surface area contributed by atoms with Gasteiger partial charge in [0.15, 0.2) is 0 Å². The fourth-order valence-electron chi connectivity index (χ4n) is 1.47. The largest absolute Gasteiger partial charge is 0.396 e. The molecule has 0 aromatic heterocycles. The zero-order valence-electron chi connectivity index (χ0n) is 7.21. The van der Waals surface area contributed by atoms with E-state index in [1.54, 1.807) is 0 Å². The number of hydrogen-bond acceptors (Lipinski definition) is 3. The van der Waals surface area contributed by atoms with Crippen LogP contribution in [0.3, 0.4) is 0 Å². The maximum absolute atomic E-state index is 8.96. The normalized spacial score (nSPS) is 28.4. The highest BCUT2D eigenvalue weighted by Crippen LogP contribution is 2.01. The van der Waals surface area contributed by atoms with E-state index in [4.69, 9.17) is 5.11 Å². The highest BCUT2D eigenvalue weighted by Gasteiger charge is 2.14. The summed E-state index contributed by atoms with van der Waals surface area (Å²) in [5.41, 5.74) is 0. The molecule has 66 valence electrons. The van der Waals surface area contributed by atoms with Gasteiger partial charge in [-0.15, -0.1) is 0 Å². The SMILES string of the molecule is CCN1CCNCC(CO)C1. The molecule has 0 spiro atoms. The molecule has 0 bridgehead atoms. The minimum absolute atomic E-state index is 0.309. The van der Waals surface area contributed by atoms with Gasteiger partial charge in [0, 0.05) is 38.7 Å². The van der Waals surface area contributed by atoms with Crippen LogP contribution in [0.2, 0.25) is 0 Å². The van der Waals surface area contributed by atoms with Crippen LogP contribution in [-0.2, 0) is 0 Å². The fraction of sp³-hybridized carbons (Fsp3) is 1.00. The van der Waals surface area contributed by atoms with Crippen LogP contribution in [0.4, 0.5) is 0 Å². The Balaban J connectivity index is 2.33. The van der Waals surface area contributed by atoms with Crippen molar-refractivity contribution in [1.82, 2.24) is 10.2 Å². The second-order valence-corrected chi connectivity index (χ2v) is 3.15. The van der Waals surface area contributed by atoms with Gasteiger partial charge in [0.1, 0.15) is 0 Å². The summed E-state index contributed by atoms with van der Waals surface area (Å²) in [6.07, 6.45) is 0. The molecule has 1 fully saturated rings. The average Bonchev–Trinajstić information content (AvgIpc) is 2.28. The van der Waals surface area contributed by atoms with E-state index < -0.39 is 0 Å². The fourth-order valence-corrected chi connectivity index (χ4v) is 1.47. The summed E-state index contributed by atoms with van der Waals surface area (Å²) < 4.78 is 0. The Morgan fingerprint density at radius 1 is 1.64 bits per heavy atom. The van der Waals surface area contributed by atoms with E-state index in [0.29, 0.717) is 12.5 Å². The van der Waals surface area contributed by atoms with Crippen LogP contribution in [0.25, 0.3) is 0 Å². The molecular formula is C8H18N2O. The predicted molar refractivity (Wildman–Crippen MR) is 45.6 cm³/mol. The molecule has 2 N–H and O–H groups in total. The second-order valence-electron chi connectivity index (χ2n) is 3.15. The number of hydrogen-bond donors (Lipinski definition) is 2. The lowest BCUT2D eigenvalue weighted by Gasteiger charge is -2.20. The first-order valence-electron chi connectivity index (χ1n) is 4.40. The van der Waals surface area contributed by atoms with Crippen molar-refractivity contribution >= 4 is 0 Å². The van der Waals surface area contributed by atoms with Gasteiger partial charge in [0.25, 0.3) is 0 Å². The number of likely N-dealkylation sites (N-methyl/N-ethyl adjacent to an activating group) is 1. The van der Waals surface area contributed by atoms with Crippen LogP contribution < -0.4 is 5.32 Å². The van der Waals surface area contributed by atoms with Crippen molar-refractivity contribution in [2.24, 2.45) is 5.92 Å². The topological polar surface area (TPSA) is 35.5 Å². The van der Waals surface area contributed by atoms with Crippen molar-refractivity contribution in [2.45, 2.75) is 6.92 Å². The van der Waals surface area contributed by atoms with E-state index in [9.17, 15) is 0 Å². The van der Waals surface area contributed by atoms with Gasteiger partial charge in [-0.2, -0.15) is 0 Å². The summed E-state index contributed by atoms with van der Waals surface area (Å²) in [7, 11) is 0. The van der Waals surface area contributed by atoms with E-state index in [-0.39, 0.29) is 0 Å². The van der Waals surface area contributed by atoms with Gasteiger partial charge in [-0.3, -0.25) is 0 Å². The quantitative estimate of drug-likeness (QED) is 0.570. The maximum Gasteiger partial charge on any atom is 0.0483 e. The predicted octanol–water partition coefficient (Wildman–Crippen LogP) is -0.480. The van der Waals surface area contributed by atoms with E-state index >= 15 is 0 Å². The zero-order chi connectivity index (χ0) is 8.10. The molecule has 1 atom stereocenters. The molecule has 0 amide bonds. The van der Waals surface area contributed by atoms with Gasteiger partial charge in [0.2, 0.25) is 0 Å². The average molecular weight is 158 g/mol. The molecule has 1 unspecified atom stereocenters. The van der Waals surface area contributed by atoms with Crippen molar-refractivity contribution in [2.75, 3.05) is 39.3 Å². The Kier molecular flexibility index (Phi) is 3.83. The van der Waals surface area contributed by atoms with Crippen LogP contribution >= 0.6 is 0 Å². The first-order chi connectivity index (χ1) is 5.36. The lowest BCUT2D eigenvalue weighted by molar-refractivity contribution is 0.184. The van der Waals surface area contributed by atoms with Gasteiger partial charge < -0.3 is 15.3 Å². The Morgan fingerprint density at radius 2 is 2.45 bits per heavy atom. The highest BCUT2D eigenvalue weighted by molar-refractivity contribution is 4.71. The number of aliphatic hydroxyl groups is 1. The minimum atomic E-state index is 0.309. The summed E-state index contributed by atoms with van der Waals surface area (Å²) in [6.45, 7) is 7.76. The molecule has 1 saturated heterocycles. The van der Waals surface area contributed by atoms with Crippen LogP contribution in [0.1, 0.15) is 6.92 Å².